The lowest BCUT2D eigenvalue weighted by molar-refractivity contribution is 0.270. The van der Waals surface area contributed by atoms with Crippen LogP contribution in [-0.2, 0) is 6.61 Å². The van der Waals surface area contributed by atoms with E-state index in [4.69, 9.17) is 26.1 Å². The Bertz CT molecular complexity index is 1950. The molecule has 202 valence electrons. The number of fused-ring (bicyclic) bond motifs is 2. The predicted octanol–water partition coefficient (Wildman–Crippen LogP) is 7.73. The van der Waals surface area contributed by atoms with Gasteiger partial charge in [0.25, 0.3) is 5.56 Å². The van der Waals surface area contributed by atoms with Crippen LogP contribution in [0.15, 0.2) is 119 Å². The monoisotopic (exact) mass is 559 g/mol. The van der Waals surface area contributed by atoms with E-state index in [1.807, 2.05) is 79.7 Å². The first-order valence-corrected chi connectivity index (χ1v) is 13.7. The highest BCUT2D eigenvalue weighted by molar-refractivity contribution is 6.32. The van der Waals surface area contributed by atoms with Crippen LogP contribution >= 0.6 is 11.6 Å². The van der Waals surface area contributed by atoms with E-state index >= 15 is 0 Å². The summed E-state index contributed by atoms with van der Waals surface area (Å²) in [5.74, 6) is 1.39. The molecule has 0 aliphatic rings. The highest BCUT2D eigenvalue weighted by atomic mass is 35.5. The fourth-order valence-electron chi connectivity index (χ4n) is 4.76. The second kappa shape index (κ2) is 11.7. The van der Waals surface area contributed by atoms with Crippen molar-refractivity contribution in [2.75, 3.05) is 6.61 Å². The predicted molar refractivity (Wildman–Crippen MR) is 165 cm³/mol. The maximum Gasteiger partial charge on any atom is 0.282 e. The van der Waals surface area contributed by atoms with Crippen LogP contribution in [0.5, 0.6) is 11.5 Å². The van der Waals surface area contributed by atoms with E-state index in [1.54, 1.807) is 24.4 Å². The summed E-state index contributed by atoms with van der Waals surface area (Å²) < 4.78 is 13.4. The quantitative estimate of drug-likeness (QED) is 0.179. The lowest BCUT2D eigenvalue weighted by Gasteiger charge is -2.15. The van der Waals surface area contributed by atoms with Crippen molar-refractivity contribution in [3.63, 3.8) is 0 Å². The van der Waals surface area contributed by atoms with Gasteiger partial charge in [0, 0.05) is 5.56 Å². The topological polar surface area (TPSA) is 65.7 Å². The minimum Gasteiger partial charge on any atom is -0.490 e. The summed E-state index contributed by atoms with van der Waals surface area (Å²) >= 11 is 6.73. The number of hydrogen-bond donors (Lipinski definition) is 0. The van der Waals surface area contributed by atoms with Crippen molar-refractivity contribution in [3.05, 3.63) is 136 Å². The highest BCUT2D eigenvalue weighted by Crippen LogP contribution is 2.37. The van der Waals surface area contributed by atoms with Crippen molar-refractivity contribution < 1.29 is 9.47 Å². The van der Waals surface area contributed by atoms with Crippen molar-refractivity contribution >= 4 is 39.5 Å². The van der Waals surface area contributed by atoms with E-state index in [1.165, 1.54) is 4.68 Å². The van der Waals surface area contributed by atoms with Gasteiger partial charge in [-0.3, -0.25) is 4.79 Å². The van der Waals surface area contributed by atoms with E-state index in [0.717, 1.165) is 21.9 Å². The fraction of sp³-hybridized carbons (Fsp3) is 0.0882. The molecule has 7 heteroatoms. The molecule has 1 aromatic heterocycles. The molecule has 6 rings (SSSR count). The summed E-state index contributed by atoms with van der Waals surface area (Å²) in [5.41, 5.74) is 2.81. The van der Waals surface area contributed by atoms with Gasteiger partial charge in [-0.2, -0.15) is 9.78 Å². The maximum atomic E-state index is 13.5. The standard InChI is InChI=1S/C34H26ClN3O3/c1-2-40-31-20-23(19-29(35)32(31)41-22-26-15-10-14-24-11-6-7-16-27(24)26)21-36-38-33(25-12-4-3-5-13-25)37-30-18-9-8-17-28(30)34(38)39/h3-21H,2,22H2,1H3. The third kappa shape index (κ3) is 5.42. The van der Waals surface area contributed by atoms with Gasteiger partial charge in [0.05, 0.1) is 28.7 Å². The number of rotatable bonds is 8. The molecule has 0 unspecified atom stereocenters. The normalized spacial score (nSPS) is 11.4. The molecule has 0 fully saturated rings. The van der Waals surface area contributed by atoms with Gasteiger partial charge < -0.3 is 9.47 Å². The number of nitrogens with zero attached hydrogens (tertiary/aromatic N) is 3. The average molecular weight is 560 g/mol. The van der Waals surface area contributed by atoms with Crippen LogP contribution in [-0.4, -0.2) is 22.5 Å². The van der Waals surface area contributed by atoms with E-state index in [9.17, 15) is 4.79 Å². The smallest absolute Gasteiger partial charge is 0.282 e. The van der Waals surface area contributed by atoms with Crippen LogP contribution in [0.25, 0.3) is 33.1 Å². The SMILES string of the molecule is CCOc1cc(C=Nn2c(-c3ccccc3)nc3ccccc3c2=O)cc(Cl)c1OCc1cccc2ccccc12. The largest absolute Gasteiger partial charge is 0.490 e. The van der Waals surface area contributed by atoms with Gasteiger partial charge >= 0.3 is 0 Å². The van der Waals surface area contributed by atoms with Crippen molar-refractivity contribution in [2.45, 2.75) is 13.5 Å². The van der Waals surface area contributed by atoms with E-state index in [0.29, 0.717) is 52.0 Å². The Labute approximate surface area is 242 Å². The first kappa shape index (κ1) is 26.3. The van der Waals surface area contributed by atoms with Crippen molar-refractivity contribution in [3.8, 4) is 22.9 Å². The molecule has 6 aromatic rings. The second-order valence-corrected chi connectivity index (χ2v) is 9.78. The molecule has 0 spiro atoms. The summed E-state index contributed by atoms with van der Waals surface area (Å²) in [6, 6.07) is 34.6. The summed E-state index contributed by atoms with van der Waals surface area (Å²) in [6.45, 7) is 2.65. The van der Waals surface area contributed by atoms with E-state index in [2.05, 4.69) is 23.3 Å². The number of ether oxygens (including phenoxy) is 2. The van der Waals surface area contributed by atoms with Crippen LogP contribution in [0, 0.1) is 0 Å². The Hall–Kier alpha value is -4.94. The number of para-hydroxylation sites is 1. The molecule has 6 nitrogen and oxygen atoms in total. The van der Waals surface area contributed by atoms with Crippen LogP contribution < -0.4 is 15.0 Å². The van der Waals surface area contributed by atoms with Gasteiger partial charge in [-0.25, -0.2) is 4.98 Å². The fourth-order valence-corrected chi connectivity index (χ4v) is 5.04. The summed E-state index contributed by atoms with van der Waals surface area (Å²) in [4.78, 5) is 18.2. The lowest BCUT2D eigenvalue weighted by Crippen LogP contribution is -2.20. The maximum absolute atomic E-state index is 13.5. The van der Waals surface area contributed by atoms with Crippen molar-refractivity contribution in [2.24, 2.45) is 5.10 Å². The molecule has 0 atom stereocenters. The minimum atomic E-state index is -0.267. The first-order chi connectivity index (χ1) is 20.1. The van der Waals surface area contributed by atoms with Crippen LogP contribution in [0.4, 0.5) is 0 Å². The van der Waals surface area contributed by atoms with Crippen LogP contribution in [0.2, 0.25) is 5.02 Å². The van der Waals surface area contributed by atoms with Gasteiger partial charge in [0.2, 0.25) is 0 Å². The molecular weight excluding hydrogens is 534 g/mol. The zero-order valence-electron chi connectivity index (χ0n) is 22.3. The zero-order valence-corrected chi connectivity index (χ0v) is 23.1. The van der Waals surface area contributed by atoms with Crippen molar-refractivity contribution in [1.29, 1.82) is 0 Å². The summed E-state index contributed by atoms with van der Waals surface area (Å²) in [7, 11) is 0. The molecule has 0 N–H and O–H groups in total. The Morgan fingerprint density at radius 2 is 1.59 bits per heavy atom. The molecule has 0 aliphatic carbocycles. The average Bonchev–Trinajstić information content (AvgIpc) is 3.01. The van der Waals surface area contributed by atoms with Crippen LogP contribution in [0.3, 0.4) is 0 Å². The molecule has 5 aromatic carbocycles. The number of hydrogen-bond acceptors (Lipinski definition) is 5. The first-order valence-electron chi connectivity index (χ1n) is 13.3. The number of benzene rings is 5. The van der Waals surface area contributed by atoms with Gasteiger partial charge in [-0.15, -0.1) is 0 Å². The third-order valence-corrected chi connectivity index (χ3v) is 6.97. The zero-order chi connectivity index (χ0) is 28.2. The van der Waals surface area contributed by atoms with E-state index < -0.39 is 0 Å². The molecule has 0 saturated carbocycles. The molecule has 0 bridgehead atoms. The summed E-state index contributed by atoms with van der Waals surface area (Å²) in [5, 5.41) is 7.69. The molecule has 0 aliphatic heterocycles. The van der Waals surface area contributed by atoms with Crippen LogP contribution in [0.1, 0.15) is 18.1 Å². The van der Waals surface area contributed by atoms with Gasteiger partial charge in [-0.1, -0.05) is 96.5 Å². The Morgan fingerprint density at radius 1 is 0.854 bits per heavy atom. The van der Waals surface area contributed by atoms with Gasteiger partial charge in [0.1, 0.15) is 6.61 Å². The molecule has 0 radical (unpaired) electrons. The van der Waals surface area contributed by atoms with Gasteiger partial charge in [-0.05, 0) is 53.1 Å². The molecule has 0 amide bonds. The second-order valence-electron chi connectivity index (χ2n) is 9.37. The minimum absolute atomic E-state index is 0.267. The summed E-state index contributed by atoms with van der Waals surface area (Å²) in [6.07, 6.45) is 1.58. The Morgan fingerprint density at radius 3 is 2.41 bits per heavy atom. The highest BCUT2D eigenvalue weighted by Gasteiger charge is 2.15. The molecular formula is C34H26ClN3O3. The van der Waals surface area contributed by atoms with Gasteiger partial charge in [0.15, 0.2) is 17.3 Å². The molecule has 1 heterocycles. The molecule has 41 heavy (non-hydrogen) atoms. The Balaban J connectivity index is 1.36. The Kier molecular flexibility index (Phi) is 7.48. The number of halogens is 1. The third-order valence-electron chi connectivity index (χ3n) is 6.69. The van der Waals surface area contributed by atoms with Crippen molar-refractivity contribution in [1.82, 2.24) is 9.66 Å². The molecule has 0 saturated heterocycles. The lowest BCUT2D eigenvalue weighted by atomic mass is 10.1. The number of aromatic nitrogens is 2. The van der Waals surface area contributed by atoms with E-state index in [-0.39, 0.29) is 5.56 Å².